The number of rotatable bonds is 6. The van der Waals surface area contributed by atoms with Gasteiger partial charge >= 0.3 is 6.18 Å². The van der Waals surface area contributed by atoms with E-state index in [9.17, 15) is 26.4 Å². The first-order valence-electron chi connectivity index (χ1n) is 9.36. The molecule has 2 heterocycles. The van der Waals surface area contributed by atoms with Crippen molar-refractivity contribution in [3.63, 3.8) is 0 Å². The third kappa shape index (κ3) is 4.75. The predicted octanol–water partition coefficient (Wildman–Crippen LogP) is 2.96. The first kappa shape index (κ1) is 23.7. The first-order valence-corrected chi connectivity index (χ1v) is 11.2. The van der Waals surface area contributed by atoms with Crippen molar-refractivity contribution >= 4 is 21.5 Å². The van der Waals surface area contributed by atoms with Gasteiger partial charge in [0, 0.05) is 25.3 Å². The van der Waals surface area contributed by atoms with E-state index in [0.717, 1.165) is 18.5 Å². The van der Waals surface area contributed by atoms with Crippen LogP contribution in [0.2, 0.25) is 0 Å². The number of halogens is 3. The molecule has 32 heavy (non-hydrogen) atoms. The molecule has 1 amide bonds. The minimum atomic E-state index is -4.55. The first-order chi connectivity index (χ1) is 14.8. The molecule has 2 aromatic rings. The van der Waals surface area contributed by atoms with Crippen LogP contribution in [-0.4, -0.2) is 47.3 Å². The standard InChI is InChI=1S/C20H20F3N3O5S/c1-19(18(27)25-28,32(2,29)30)11-15-10-16(26-31-15)13-5-3-12(4-6-13)14-7-8-24-17(9-14)20(21,22)23/h3-9,15,28H,10-11H2,1-2H3,(H,25,27)/t15-,19-/m1/s1. The summed E-state index contributed by atoms with van der Waals surface area (Å²) in [5.41, 5.74) is 2.41. The number of alkyl halides is 3. The van der Waals surface area contributed by atoms with Crippen LogP contribution in [0.3, 0.4) is 0 Å². The van der Waals surface area contributed by atoms with E-state index in [2.05, 4.69) is 10.1 Å². The number of hydrogen-bond donors (Lipinski definition) is 2. The van der Waals surface area contributed by atoms with Crippen molar-refractivity contribution in [2.45, 2.75) is 36.8 Å². The van der Waals surface area contributed by atoms with Gasteiger partial charge in [-0.3, -0.25) is 15.0 Å². The summed E-state index contributed by atoms with van der Waals surface area (Å²) in [5.74, 6) is -1.07. The fourth-order valence-electron chi connectivity index (χ4n) is 3.29. The van der Waals surface area contributed by atoms with E-state index < -0.39 is 38.5 Å². The molecule has 12 heteroatoms. The molecule has 0 bridgehead atoms. The van der Waals surface area contributed by atoms with E-state index in [4.69, 9.17) is 10.0 Å². The van der Waals surface area contributed by atoms with Gasteiger partial charge < -0.3 is 4.84 Å². The highest BCUT2D eigenvalue weighted by atomic mass is 32.2. The zero-order valence-electron chi connectivity index (χ0n) is 17.0. The smallest absolute Gasteiger partial charge is 0.392 e. The van der Waals surface area contributed by atoms with Gasteiger partial charge in [-0.15, -0.1) is 0 Å². The summed E-state index contributed by atoms with van der Waals surface area (Å²) < 4.78 is 61.0. The van der Waals surface area contributed by atoms with E-state index in [1.54, 1.807) is 24.3 Å². The monoisotopic (exact) mass is 471 g/mol. The Bertz CT molecular complexity index is 1150. The van der Waals surface area contributed by atoms with Crippen molar-refractivity contribution in [1.82, 2.24) is 10.5 Å². The van der Waals surface area contributed by atoms with Crippen LogP contribution >= 0.6 is 0 Å². The van der Waals surface area contributed by atoms with Crippen molar-refractivity contribution in [3.05, 3.63) is 53.9 Å². The lowest BCUT2D eigenvalue weighted by Gasteiger charge is -2.26. The molecule has 1 aromatic carbocycles. The van der Waals surface area contributed by atoms with Crippen LogP contribution in [0.1, 0.15) is 31.0 Å². The highest BCUT2D eigenvalue weighted by Crippen LogP contribution is 2.32. The van der Waals surface area contributed by atoms with E-state index in [1.807, 2.05) is 0 Å². The van der Waals surface area contributed by atoms with E-state index >= 15 is 0 Å². The fourth-order valence-corrected chi connectivity index (χ4v) is 4.16. The second-order valence-electron chi connectivity index (χ2n) is 7.62. The SMILES string of the molecule is C[C@@](C[C@H]1CC(c2ccc(-c3ccnc(C(F)(F)F)c3)cc2)=NO1)(C(=O)NO)S(C)(=O)=O. The van der Waals surface area contributed by atoms with Gasteiger partial charge in [-0.1, -0.05) is 29.4 Å². The van der Waals surface area contributed by atoms with Crippen LogP contribution in [0.15, 0.2) is 47.8 Å². The number of hydroxylamine groups is 1. The van der Waals surface area contributed by atoms with Crippen LogP contribution in [0.25, 0.3) is 11.1 Å². The number of nitrogens with zero attached hydrogens (tertiary/aromatic N) is 2. The highest BCUT2D eigenvalue weighted by Gasteiger charge is 2.47. The molecule has 0 radical (unpaired) electrons. The number of sulfone groups is 1. The van der Waals surface area contributed by atoms with Gasteiger partial charge in [-0.05, 0) is 35.7 Å². The lowest BCUT2D eigenvalue weighted by atomic mass is 9.95. The summed E-state index contributed by atoms with van der Waals surface area (Å²) >= 11 is 0. The van der Waals surface area contributed by atoms with Gasteiger partial charge in [0.1, 0.15) is 11.8 Å². The van der Waals surface area contributed by atoms with E-state index in [0.29, 0.717) is 22.4 Å². The Kier molecular flexibility index (Phi) is 6.29. The Morgan fingerprint density at radius 1 is 1.19 bits per heavy atom. The summed E-state index contributed by atoms with van der Waals surface area (Å²) in [4.78, 5) is 20.6. The van der Waals surface area contributed by atoms with Crippen molar-refractivity contribution in [2.24, 2.45) is 5.16 Å². The molecular weight excluding hydrogens is 451 g/mol. The average Bonchev–Trinajstić information content (AvgIpc) is 3.20. The topological polar surface area (TPSA) is 118 Å². The quantitative estimate of drug-likeness (QED) is 0.494. The van der Waals surface area contributed by atoms with Crippen LogP contribution < -0.4 is 5.48 Å². The molecule has 0 fully saturated rings. The lowest BCUT2D eigenvalue weighted by molar-refractivity contribution is -0.141. The molecule has 8 nitrogen and oxygen atoms in total. The van der Waals surface area contributed by atoms with Gasteiger partial charge in [-0.2, -0.15) is 13.2 Å². The van der Waals surface area contributed by atoms with Gasteiger partial charge in [0.25, 0.3) is 5.91 Å². The molecule has 0 aliphatic carbocycles. The summed E-state index contributed by atoms with van der Waals surface area (Å²) in [6.45, 7) is 1.19. The number of oxime groups is 1. The summed E-state index contributed by atoms with van der Waals surface area (Å²) in [5, 5.41) is 12.9. The Labute approximate surface area is 182 Å². The summed E-state index contributed by atoms with van der Waals surface area (Å²) in [6.07, 6.45) is -3.32. The maximum Gasteiger partial charge on any atom is 0.433 e. The van der Waals surface area contributed by atoms with Gasteiger partial charge in [-0.25, -0.2) is 13.9 Å². The van der Waals surface area contributed by atoms with Crippen LogP contribution in [0, 0.1) is 0 Å². The van der Waals surface area contributed by atoms with Crippen molar-refractivity contribution in [1.29, 1.82) is 0 Å². The number of pyridine rings is 1. The van der Waals surface area contributed by atoms with Gasteiger partial charge in [0.2, 0.25) is 0 Å². The van der Waals surface area contributed by atoms with E-state index in [-0.39, 0.29) is 12.8 Å². The molecule has 1 aliphatic rings. The van der Waals surface area contributed by atoms with Crippen molar-refractivity contribution in [2.75, 3.05) is 6.26 Å². The minimum Gasteiger partial charge on any atom is -0.392 e. The number of nitrogens with one attached hydrogen (secondary N) is 1. The summed E-state index contributed by atoms with van der Waals surface area (Å²) in [6, 6.07) is 8.99. The van der Waals surface area contributed by atoms with Crippen LogP contribution in [0.5, 0.6) is 0 Å². The lowest BCUT2D eigenvalue weighted by Crippen LogP contribution is -2.51. The molecule has 2 atom stereocenters. The highest BCUT2D eigenvalue weighted by molar-refractivity contribution is 7.92. The third-order valence-electron chi connectivity index (χ3n) is 5.35. The Balaban J connectivity index is 1.74. The summed E-state index contributed by atoms with van der Waals surface area (Å²) in [7, 11) is -3.88. The third-order valence-corrected chi connectivity index (χ3v) is 7.34. The van der Waals surface area contributed by atoms with Crippen molar-refractivity contribution < 1.29 is 36.4 Å². The Hall–Kier alpha value is -2.99. The minimum absolute atomic E-state index is 0.205. The number of benzene rings is 1. The number of hydrogen-bond acceptors (Lipinski definition) is 7. The molecule has 1 aliphatic heterocycles. The maximum absolute atomic E-state index is 12.9. The maximum atomic E-state index is 12.9. The second kappa shape index (κ2) is 8.51. The normalized spacial score (nSPS) is 18.4. The van der Waals surface area contributed by atoms with Crippen LogP contribution in [0.4, 0.5) is 13.2 Å². The molecule has 0 saturated carbocycles. The zero-order valence-corrected chi connectivity index (χ0v) is 17.9. The average molecular weight is 471 g/mol. The van der Waals surface area contributed by atoms with Gasteiger partial charge in [0.15, 0.2) is 14.6 Å². The molecule has 3 rings (SSSR count). The number of aromatic nitrogens is 1. The molecule has 1 aromatic heterocycles. The Morgan fingerprint density at radius 3 is 2.38 bits per heavy atom. The number of carbonyl (C=O) groups excluding carboxylic acids is 1. The zero-order chi connectivity index (χ0) is 23.7. The largest absolute Gasteiger partial charge is 0.433 e. The second-order valence-corrected chi connectivity index (χ2v) is 10.1. The molecule has 172 valence electrons. The Morgan fingerprint density at radius 2 is 1.81 bits per heavy atom. The van der Waals surface area contributed by atoms with Crippen molar-refractivity contribution in [3.8, 4) is 11.1 Å². The molecule has 0 spiro atoms. The molecule has 0 saturated heterocycles. The molecular formula is C20H20F3N3O5S. The predicted molar refractivity (Wildman–Crippen MR) is 108 cm³/mol. The number of carbonyl (C=O) groups is 1. The molecule has 2 N–H and O–H groups in total. The fraction of sp³-hybridized carbons (Fsp3) is 0.350. The number of amides is 1. The van der Waals surface area contributed by atoms with Gasteiger partial charge in [0.05, 0.1) is 5.71 Å². The van der Waals surface area contributed by atoms with Crippen LogP contribution in [-0.2, 0) is 25.6 Å². The van der Waals surface area contributed by atoms with E-state index in [1.165, 1.54) is 18.5 Å². The molecule has 0 unspecified atom stereocenters.